The molecule has 0 radical (unpaired) electrons. The third kappa shape index (κ3) is 5.10. The Kier molecular flexibility index (Phi) is 6.14. The molecule has 1 aromatic rings. The van der Waals surface area contributed by atoms with Crippen molar-refractivity contribution in [1.82, 2.24) is 4.31 Å². The van der Waals surface area contributed by atoms with Gasteiger partial charge < -0.3 is 4.90 Å². The Morgan fingerprint density at radius 2 is 1.68 bits per heavy atom. The molecule has 0 heterocycles. The Labute approximate surface area is 134 Å². The third-order valence-corrected chi connectivity index (χ3v) is 4.89. The molecule has 1 amide bonds. The standard InChI is InChI=1S/C16H26N2O3S/c1-6-17(14-10-8-7-9-11-14)15(19)12-13-18(16(2,3)4)22(5,20)21/h7-11H,6,12-13H2,1-5H3. The van der Waals surface area contributed by atoms with Gasteiger partial charge in [0, 0.05) is 30.7 Å². The zero-order valence-corrected chi connectivity index (χ0v) is 14.9. The maximum absolute atomic E-state index is 12.4. The van der Waals surface area contributed by atoms with E-state index in [1.807, 2.05) is 58.0 Å². The highest BCUT2D eigenvalue weighted by Crippen LogP contribution is 2.19. The van der Waals surface area contributed by atoms with E-state index in [9.17, 15) is 13.2 Å². The summed E-state index contributed by atoms with van der Waals surface area (Å²) in [7, 11) is -3.35. The molecule has 6 heteroatoms. The van der Waals surface area contributed by atoms with Crippen molar-refractivity contribution in [2.24, 2.45) is 0 Å². The van der Waals surface area contributed by atoms with E-state index < -0.39 is 15.6 Å². The quantitative estimate of drug-likeness (QED) is 0.807. The summed E-state index contributed by atoms with van der Waals surface area (Å²) in [6.45, 7) is 8.12. The van der Waals surface area contributed by atoms with E-state index >= 15 is 0 Å². The highest BCUT2D eigenvalue weighted by Gasteiger charge is 2.30. The molecule has 0 fully saturated rings. The first kappa shape index (κ1) is 18.6. The Morgan fingerprint density at radius 3 is 2.09 bits per heavy atom. The molecule has 22 heavy (non-hydrogen) atoms. The van der Waals surface area contributed by atoms with Crippen LogP contribution in [-0.2, 0) is 14.8 Å². The number of carbonyl (C=O) groups is 1. The number of hydrogen-bond donors (Lipinski definition) is 0. The highest BCUT2D eigenvalue weighted by atomic mass is 32.2. The molecule has 0 bridgehead atoms. The topological polar surface area (TPSA) is 57.7 Å². The van der Waals surface area contributed by atoms with Crippen LogP contribution in [-0.4, -0.2) is 43.5 Å². The zero-order chi connectivity index (χ0) is 17.0. The van der Waals surface area contributed by atoms with Gasteiger partial charge in [-0.15, -0.1) is 0 Å². The SMILES string of the molecule is CCN(C(=O)CCN(C(C)(C)C)S(C)(=O)=O)c1ccccc1. The van der Waals surface area contributed by atoms with Crippen LogP contribution >= 0.6 is 0 Å². The number of rotatable bonds is 6. The minimum Gasteiger partial charge on any atom is -0.313 e. The zero-order valence-electron chi connectivity index (χ0n) is 14.0. The Morgan fingerprint density at radius 1 is 1.14 bits per heavy atom. The normalized spacial score (nSPS) is 12.5. The molecule has 5 nitrogen and oxygen atoms in total. The largest absolute Gasteiger partial charge is 0.313 e. The average molecular weight is 326 g/mol. The first-order valence-corrected chi connectivity index (χ1v) is 9.25. The highest BCUT2D eigenvalue weighted by molar-refractivity contribution is 7.88. The van der Waals surface area contributed by atoms with Gasteiger partial charge in [-0.3, -0.25) is 4.79 Å². The molecular weight excluding hydrogens is 300 g/mol. The van der Waals surface area contributed by atoms with Gasteiger partial charge in [-0.2, -0.15) is 4.31 Å². The number of para-hydroxylation sites is 1. The van der Waals surface area contributed by atoms with Crippen molar-refractivity contribution in [3.8, 4) is 0 Å². The van der Waals surface area contributed by atoms with Crippen molar-refractivity contribution in [1.29, 1.82) is 0 Å². The summed E-state index contributed by atoms with van der Waals surface area (Å²) in [6.07, 6.45) is 1.34. The lowest BCUT2D eigenvalue weighted by molar-refractivity contribution is -0.118. The predicted octanol–water partition coefficient (Wildman–Crippen LogP) is 2.49. The summed E-state index contributed by atoms with van der Waals surface area (Å²) >= 11 is 0. The summed E-state index contributed by atoms with van der Waals surface area (Å²) in [5.41, 5.74) is 0.286. The summed E-state index contributed by atoms with van der Waals surface area (Å²) in [6, 6.07) is 9.40. The minimum absolute atomic E-state index is 0.0772. The molecule has 0 aliphatic rings. The first-order chi connectivity index (χ1) is 10.1. The third-order valence-electron chi connectivity index (χ3n) is 3.36. The maximum Gasteiger partial charge on any atom is 0.228 e. The molecule has 0 spiro atoms. The lowest BCUT2D eigenvalue weighted by Crippen LogP contribution is -2.46. The molecule has 0 atom stereocenters. The monoisotopic (exact) mass is 326 g/mol. The van der Waals surface area contributed by atoms with E-state index in [1.165, 1.54) is 10.6 Å². The number of benzene rings is 1. The second-order valence-corrected chi connectivity index (χ2v) is 8.14. The predicted molar refractivity (Wildman–Crippen MR) is 90.4 cm³/mol. The van der Waals surface area contributed by atoms with E-state index in [0.717, 1.165) is 5.69 Å². The molecule has 124 valence electrons. The lowest BCUT2D eigenvalue weighted by atomic mass is 10.1. The summed E-state index contributed by atoms with van der Waals surface area (Å²) in [5, 5.41) is 0. The fourth-order valence-electron chi connectivity index (χ4n) is 2.44. The number of hydrogen-bond acceptors (Lipinski definition) is 3. The minimum atomic E-state index is -3.35. The van der Waals surface area contributed by atoms with Gasteiger partial charge in [-0.1, -0.05) is 18.2 Å². The molecule has 0 saturated carbocycles. The molecule has 0 aromatic heterocycles. The summed E-state index contributed by atoms with van der Waals surface area (Å²) < 4.78 is 25.2. The molecular formula is C16H26N2O3S. The smallest absolute Gasteiger partial charge is 0.228 e. The van der Waals surface area contributed by atoms with Crippen LogP contribution in [0.5, 0.6) is 0 Å². The van der Waals surface area contributed by atoms with Gasteiger partial charge in [0.1, 0.15) is 0 Å². The number of nitrogens with zero attached hydrogens (tertiary/aromatic N) is 2. The Balaban J connectivity index is 2.83. The van der Waals surface area contributed by atoms with Crippen molar-refractivity contribution in [3.05, 3.63) is 30.3 Å². The van der Waals surface area contributed by atoms with Crippen LogP contribution in [0.1, 0.15) is 34.1 Å². The van der Waals surface area contributed by atoms with E-state index in [0.29, 0.717) is 6.54 Å². The Bertz CT molecular complexity index is 592. The second-order valence-electron chi connectivity index (χ2n) is 6.23. The van der Waals surface area contributed by atoms with Crippen molar-refractivity contribution < 1.29 is 13.2 Å². The first-order valence-electron chi connectivity index (χ1n) is 7.40. The lowest BCUT2D eigenvalue weighted by Gasteiger charge is -2.33. The van der Waals surface area contributed by atoms with E-state index in [2.05, 4.69) is 0 Å². The van der Waals surface area contributed by atoms with Crippen LogP contribution in [0, 0.1) is 0 Å². The van der Waals surface area contributed by atoms with Crippen LogP contribution in [0.2, 0.25) is 0 Å². The van der Waals surface area contributed by atoms with Crippen LogP contribution < -0.4 is 4.90 Å². The van der Waals surface area contributed by atoms with Crippen molar-refractivity contribution in [2.45, 2.75) is 39.7 Å². The number of sulfonamides is 1. The van der Waals surface area contributed by atoms with Gasteiger partial charge in [0.15, 0.2) is 0 Å². The van der Waals surface area contributed by atoms with E-state index in [1.54, 1.807) is 4.90 Å². The van der Waals surface area contributed by atoms with Crippen molar-refractivity contribution in [2.75, 3.05) is 24.2 Å². The average Bonchev–Trinajstić information content (AvgIpc) is 2.37. The van der Waals surface area contributed by atoms with E-state index in [-0.39, 0.29) is 18.9 Å². The van der Waals surface area contributed by atoms with Gasteiger partial charge in [0.2, 0.25) is 15.9 Å². The summed E-state index contributed by atoms with van der Waals surface area (Å²) in [4.78, 5) is 14.1. The molecule has 0 saturated heterocycles. The molecule has 1 rings (SSSR count). The van der Waals surface area contributed by atoms with Crippen LogP contribution in [0.3, 0.4) is 0 Å². The second kappa shape index (κ2) is 7.24. The van der Waals surface area contributed by atoms with Gasteiger partial charge >= 0.3 is 0 Å². The summed E-state index contributed by atoms with van der Waals surface area (Å²) in [5.74, 6) is -0.0772. The number of carbonyl (C=O) groups excluding carboxylic acids is 1. The molecule has 0 aliphatic heterocycles. The van der Waals surface area contributed by atoms with Crippen molar-refractivity contribution >= 4 is 21.6 Å². The van der Waals surface area contributed by atoms with Crippen LogP contribution in [0.25, 0.3) is 0 Å². The molecule has 0 N–H and O–H groups in total. The van der Waals surface area contributed by atoms with Crippen molar-refractivity contribution in [3.63, 3.8) is 0 Å². The number of amides is 1. The van der Waals surface area contributed by atoms with E-state index in [4.69, 9.17) is 0 Å². The van der Waals surface area contributed by atoms with Gasteiger partial charge in [0.05, 0.1) is 6.26 Å². The molecule has 1 aromatic carbocycles. The van der Waals surface area contributed by atoms with Crippen LogP contribution in [0.15, 0.2) is 30.3 Å². The molecule has 0 aliphatic carbocycles. The van der Waals surface area contributed by atoms with Gasteiger partial charge in [-0.25, -0.2) is 8.42 Å². The van der Waals surface area contributed by atoms with Gasteiger partial charge in [-0.05, 0) is 39.8 Å². The fraction of sp³-hybridized carbons (Fsp3) is 0.562. The fourth-order valence-corrected chi connectivity index (χ4v) is 3.86. The molecule has 0 unspecified atom stereocenters. The Hall–Kier alpha value is -1.40. The maximum atomic E-state index is 12.4. The van der Waals surface area contributed by atoms with Gasteiger partial charge in [0.25, 0.3) is 0 Å². The number of anilines is 1. The van der Waals surface area contributed by atoms with Crippen LogP contribution in [0.4, 0.5) is 5.69 Å².